The zero-order valence-corrected chi connectivity index (χ0v) is 20.7. The molecule has 1 aliphatic rings. The van der Waals surface area contributed by atoms with Crippen molar-refractivity contribution < 1.29 is 17.2 Å². The van der Waals surface area contributed by atoms with Crippen LogP contribution in [-0.2, 0) is 10.0 Å². The Bertz CT molecular complexity index is 1250. The summed E-state index contributed by atoms with van der Waals surface area (Å²) in [6.45, 7) is 9.50. The molecule has 1 saturated carbocycles. The van der Waals surface area contributed by atoms with Crippen LogP contribution >= 0.6 is 11.3 Å². The minimum Gasteiger partial charge on any atom is -0.370 e. The Hall–Kier alpha value is -2.18. The van der Waals surface area contributed by atoms with E-state index in [0.29, 0.717) is 5.52 Å². The van der Waals surface area contributed by atoms with Crippen LogP contribution in [0.3, 0.4) is 0 Å². The molecule has 0 saturated heterocycles. The summed E-state index contributed by atoms with van der Waals surface area (Å²) in [6.07, 6.45) is 2.92. The quantitative estimate of drug-likeness (QED) is 0.443. The van der Waals surface area contributed by atoms with Crippen molar-refractivity contribution in [2.24, 2.45) is 5.92 Å². The van der Waals surface area contributed by atoms with Gasteiger partial charge in [-0.1, -0.05) is 32.1 Å². The van der Waals surface area contributed by atoms with E-state index in [1.54, 1.807) is 16.7 Å². The highest BCUT2D eigenvalue weighted by Crippen LogP contribution is 2.43. The van der Waals surface area contributed by atoms with E-state index in [9.17, 15) is 17.2 Å². The summed E-state index contributed by atoms with van der Waals surface area (Å²) in [7, 11) is -3.83. The number of imidazole rings is 1. The van der Waals surface area contributed by atoms with E-state index in [-0.39, 0.29) is 21.6 Å². The van der Waals surface area contributed by atoms with E-state index in [1.165, 1.54) is 6.20 Å². The van der Waals surface area contributed by atoms with E-state index in [2.05, 4.69) is 38.7 Å². The van der Waals surface area contributed by atoms with Crippen molar-refractivity contribution in [2.45, 2.75) is 63.8 Å². The molecule has 0 spiro atoms. The molecule has 33 heavy (non-hydrogen) atoms. The summed E-state index contributed by atoms with van der Waals surface area (Å²) in [5, 5.41) is 7.24. The maximum Gasteiger partial charge on any atom is 0.291 e. The number of halogens is 2. The number of rotatable bonds is 10. The number of aromatic nitrogens is 4. The molecule has 0 aliphatic heterocycles. The van der Waals surface area contributed by atoms with Gasteiger partial charge in [0, 0.05) is 24.8 Å². The lowest BCUT2D eigenvalue weighted by molar-refractivity contribution is 0.150. The number of fused-ring (bicyclic) bond motifs is 1. The first-order valence-corrected chi connectivity index (χ1v) is 13.3. The molecular formula is C21H28F2N6O2S2. The Morgan fingerprint density at radius 2 is 1.97 bits per heavy atom. The summed E-state index contributed by atoms with van der Waals surface area (Å²) in [5.74, 6) is 0.539. The molecule has 1 aliphatic carbocycles. The highest BCUT2D eigenvalue weighted by Gasteiger charge is 2.49. The monoisotopic (exact) mass is 498 g/mol. The molecule has 3 aromatic rings. The Morgan fingerprint density at radius 3 is 2.52 bits per heavy atom. The van der Waals surface area contributed by atoms with Gasteiger partial charge in [0.15, 0.2) is 15.8 Å². The molecule has 8 nitrogen and oxygen atoms in total. The first-order valence-electron chi connectivity index (χ1n) is 11.0. The Labute approximate surface area is 196 Å². The first-order chi connectivity index (χ1) is 15.6. The van der Waals surface area contributed by atoms with Gasteiger partial charge < -0.3 is 4.90 Å². The van der Waals surface area contributed by atoms with Crippen LogP contribution in [0.25, 0.3) is 16.3 Å². The fourth-order valence-corrected chi connectivity index (χ4v) is 6.22. The number of anilines is 1. The molecule has 2 atom stereocenters. The van der Waals surface area contributed by atoms with Gasteiger partial charge in [-0.15, -0.1) is 10.2 Å². The van der Waals surface area contributed by atoms with Crippen LogP contribution in [0.2, 0.25) is 0 Å². The van der Waals surface area contributed by atoms with Crippen molar-refractivity contribution in [3.05, 3.63) is 23.5 Å². The second kappa shape index (κ2) is 8.88. The van der Waals surface area contributed by atoms with Crippen molar-refractivity contribution in [3.63, 3.8) is 0 Å². The molecule has 3 heterocycles. The van der Waals surface area contributed by atoms with Crippen LogP contribution < -0.4 is 9.62 Å². The molecule has 4 rings (SSSR count). The fourth-order valence-electron chi connectivity index (χ4n) is 4.00. The van der Waals surface area contributed by atoms with Crippen molar-refractivity contribution in [1.29, 1.82) is 0 Å². The second-order valence-corrected chi connectivity index (χ2v) is 11.5. The van der Waals surface area contributed by atoms with E-state index in [0.717, 1.165) is 49.4 Å². The number of sulfonamides is 1. The topological polar surface area (TPSA) is 92.5 Å². The number of pyridine rings is 1. The van der Waals surface area contributed by atoms with Crippen LogP contribution in [0.4, 0.5) is 14.5 Å². The van der Waals surface area contributed by atoms with Gasteiger partial charge >= 0.3 is 0 Å². The summed E-state index contributed by atoms with van der Waals surface area (Å²) >= 11 is 0.748. The van der Waals surface area contributed by atoms with Gasteiger partial charge in [0.05, 0.1) is 17.4 Å². The van der Waals surface area contributed by atoms with Gasteiger partial charge in [0.2, 0.25) is 10.0 Å². The number of nitrogens with one attached hydrogen (secondary N) is 1. The predicted molar refractivity (Wildman–Crippen MR) is 124 cm³/mol. The second-order valence-electron chi connectivity index (χ2n) is 8.76. The van der Waals surface area contributed by atoms with Crippen LogP contribution in [-0.4, -0.2) is 46.6 Å². The molecule has 0 bridgehead atoms. The minimum atomic E-state index is -3.83. The van der Waals surface area contributed by atoms with E-state index in [4.69, 9.17) is 0 Å². The van der Waals surface area contributed by atoms with Crippen LogP contribution in [0.1, 0.15) is 58.4 Å². The fraction of sp³-hybridized carbons (Fsp3) is 0.571. The van der Waals surface area contributed by atoms with Gasteiger partial charge in [-0.2, -0.15) is 0 Å². The molecule has 0 amide bonds. The molecule has 180 valence electrons. The van der Waals surface area contributed by atoms with Gasteiger partial charge in [0.25, 0.3) is 6.43 Å². The molecule has 0 radical (unpaired) electrons. The third-order valence-corrected chi connectivity index (χ3v) is 8.58. The van der Waals surface area contributed by atoms with Gasteiger partial charge in [0.1, 0.15) is 4.90 Å². The van der Waals surface area contributed by atoms with Crippen molar-refractivity contribution in [2.75, 3.05) is 18.0 Å². The van der Waals surface area contributed by atoms with Crippen LogP contribution in [0.15, 0.2) is 23.4 Å². The maximum absolute atomic E-state index is 13.3. The number of nitrogens with zero attached hydrogens (tertiary/aromatic N) is 5. The molecule has 2 unspecified atom stereocenters. The average Bonchev–Trinajstić information content (AvgIpc) is 3.14. The molecule has 0 aromatic carbocycles. The molecular weight excluding hydrogens is 470 g/mol. The lowest BCUT2D eigenvalue weighted by atomic mass is 10.2. The lowest BCUT2D eigenvalue weighted by Crippen LogP contribution is -2.36. The summed E-state index contributed by atoms with van der Waals surface area (Å²) < 4.78 is 57.3. The number of alkyl halides is 2. The van der Waals surface area contributed by atoms with Crippen LogP contribution in [0, 0.1) is 5.92 Å². The van der Waals surface area contributed by atoms with Crippen molar-refractivity contribution >= 4 is 32.6 Å². The Kier molecular flexibility index (Phi) is 6.45. The Morgan fingerprint density at radius 1 is 1.30 bits per heavy atom. The number of hydrogen-bond donors (Lipinski definition) is 1. The van der Waals surface area contributed by atoms with E-state index < -0.39 is 27.0 Å². The summed E-state index contributed by atoms with van der Waals surface area (Å²) in [6, 6.07) is 1.68. The van der Waals surface area contributed by atoms with Crippen molar-refractivity contribution in [1.82, 2.24) is 24.3 Å². The minimum absolute atomic E-state index is 0.0976. The molecule has 12 heteroatoms. The molecule has 3 aromatic heterocycles. The highest BCUT2D eigenvalue weighted by atomic mass is 32.2. The van der Waals surface area contributed by atoms with Crippen molar-refractivity contribution in [3.8, 4) is 10.8 Å². The maximum atomic E-state index is 13.3. The molecule has 1 fully saturated rings. The third-order valence-electron chi connectivity index (χ3n) is 6.08. The van der Waals surface area contributed by atoms with E-state index in [1.807, 2.05) is 13.8 Å². The molecule has 1 N–H and O–H groups in total. The normalized spacial score (nSPS) is 20.6. The largest absolute Gasteiger partial charge is 0.370 e. The highest BCUT2D eigenvalue weighted by molar-refractivity contribution is 7.89. The third kappa shape index (κ3) is 4.60. The summed E-state index contributed by atoms with van der Waals surface area (Å²) in [4.78, 5) is 6.64. The van der Waals surface area contributed by atoms with E-state index >= 15 is 0 Å². The zero-order valence-electron chi connectivity index (χ0n) is 19.0. The van der Waals surface area contributed by atoms with Gasteiger partial charge in [-0.05, 0) is 38.2 Å². The lowest BCUT2D eigenvalue weighted by Gasteiger charge is -2.25. The van der Waals surface area contributed by atoms with Gasteiger partial charge in [-0.25, -0.2) is 26.9 Å². The Balaban J connectivity index is 1.88. The SMILES string of the molecule is CCCN(CCC)c1cc(S(=O)(=O)NC2(C)CC2C)cn2c(-c3nnc(C(F)F)s3)ncc12. The number of hydrogen-bond acceptors (Lipinski definition) is 7. The average molecular weight is 499 g/mol. The predicted octanol–water partition coefficient (Wildman–Crippen LogP) is 4.49. The smallest absolute Gasteiger partial charge is 0.291 e. The van der Waals surface area contributed by atoms with Crippen LogP contribution in [0.5, 0.6) is 0 Å². The summed E-state index contributed by atoms with van der Waals surface area (Å²) in [5.41, 5.74) is 0.947. The standard InChI is InChI=1S/C21H28F2N6O2S2/c1-5-7-28(8-6-2)15-9-14(33(30,31)27-21(4)10-13(21)3)12-29-16(15)11-24-18(29)20-26-25-19(32-20)17(22)23/h9,11-13,17,27H,5-8,10H2,1-4H3. The zero-order chi connectivity index (χ0) is 24.0. The first kappa shape index (κ1) is 24.0. The van der Waals surface area contributed by atoms with Gasteiger partial charge in [-0.3, -0.25) is 4.40 Å².